The van der Waals surface area contributed by atoms with Gasteiger partial charge in [-0.3, -0.25) is 4.79 Å². The highest BCUT2D eigenvalue weighted by Gasteiger charge is 2.62. The molecule has 2 nitrogen and oxygen atoms in total. The number of allylic oxidation sites excluding steroid dienone is 6. The molecule has 4 rings (SSSR count). The van der Waals surface area contributed by atoms with E-state index in [1.54, 1.807) is 18.2 Å². The zero-order chi connectivity index (χ0) is 16.5. The highest BCUT2D eigenvalue weighted by Crippen LogP contribution is 2.65. The Labute approximate surface area is 138 Å². The molecule has 0 radical (unpaired) electrons. The van der Waals surface area contributed by atoms with Crippen LogP contribution in [-0.2, 0) is 4.79 Å². The Morgan fingerprint density at radius 1 is 1.22 bits per heavy atom. The average Bonchev–Trinajstić information content (AvgIpc) is 2.80. The second kappa shape index (κ2) is 4.57. The third-order valence-electron chi connectivity index (χ3n) is 7.67. The number of hydrogen-bond donors (Lipinski definition) is 1. The maximum Gasteiger partial charge on any atom is 0.178 e. The highest BCUT2D eigenvalue weighted by atomic mass is 16.3. The number of carbonyl (C=O) groups excluding carboxylic acids is 1. The molecule has 0 bridgehead atoms. The van der Waals surface area contributed by atoms with E-state index in [4.69, 9.17) is 0 Å². The van der Waals surface area contributed by atoms with Crippen LogP contribution in [0.15, 0.2) is 48.6 Å². The van der Waals surface area contributed by atoms with Crippen LogP contribution in [0.5, 0.6) is 0 Å². The molecular weight excluding hydrogens is 284 g/mol. The molecule has 4 aliphatic rings. The third kappa shape index (κ3) is 1.76. The largest absolute Gasteiger partial charge is 0.385 e. The van der Waals surface area contributed by atoms with Crippen molar-refractivity contribution in [3.63, 3.8) is 0 Å². The lowest BCUT2D eigenvalue weighted by atomic mass is 9.49. The Balaban J connectivity index is 1.77. The predicted octanol–water partition coefficient (Wildman–Crippen LogP) is 3.99. The molecule has 0 aliphatic heterocycles. The number of hydrogen-bond acceptors (Lipinski definition) is 2. The van der Waals surface area contributed by atoms with E-state index in [-0.39, 0.29) is 16.6 Å². The molecule has 23 heavy (non-hydrogen) atoms. The van der Waals surface area contributed by atoms with E-state index in [9.17, 15) is 9.90 Å². The minimum absolute atomic E-state index is 0.0382. The quantitative estimate of drug-likeness (QED) is 0.744. The SMILES string of the molecule is C=C[C@]1(O)CC[C@H]2[C@@H]3C=CC4=CC(=O)C=C[C@]4(C)[C@H]3CC[C@@]21C. The topological polar surface area (TPSA) is 37.3 Å². The maximum atomic E-state index is 11.7. The summed E-state index contributed by atoms with van der Waals surface area (Å²) in [5.74, 6) is 1.59. The van der Waals surface area contributed by atoms with Crippen molar-refractivity contribution in [2.24, 2.45) is 28.6 Å². The fraction of sp³-hybridized carbons (Fsp3) is 0.571. The normalized spacial score (nSPS) is 50.8. The zero-order valence-electron chi connectivity index (χ0n) is 14.1. The Morgan fingerprint density at radius 2 is 1.96 bits per heavy atom. The molecule has 0 amide bonds. The molecule has 0 unspecified atom stereocenters. The lowest BCUT2D eigenvalue weighted by Crippen LogP contribution is -2.52. The zero-order valence-corrected chi connectivity index (χ0v) is 14.1. The number of ketones is 1. The Bertz CT molecular complexity index is 669. The number of rotatable bonds is 1. The Kier molecular flexibility index (Phi) is 3.01. The van der Waals surface area contributed by atoms with E-state index in [0.29, 0.717) is 17.8 Å². The van der Waals surface area contributed by atoms with Gasteiger partial charge >= 0.3 is 0 Å². The molecule has 2 saturated carbocycles. The van der Waals surface area contributed by atoms with Crippen molar-refractivity contribution in [2.45, 2.75) is 45.1 Å². The molecule has 6 atom stereocenters. The summed E-state index contributed by atoms with van der Waals surface area (Å²) in [7, 11) is 0. The molecular formula is C21H26O2. The van der Waals surface area contributed by atoms with E-state index in [2.05, 4.69) is 38.7 Å². The summed E-state index contributed by atoms with van der Waals surface area (Å²) in [4.78, 5) is 11.7. The van der Waals surface area contributed by atoms with Crippen molar-refractivity contribution in [1.82, 2.24) is 0 Å². The summed E-state index contributed by atoms with van der Waals surface area (Å²) in [6.07, 6.45) is 15.9. The minimum atomic E-state index is -0.730. The van der Waals surface area contributed by atoms with Crippen LogP contribution in [0.4, 0.5) is 0 Å². The van der Waals surface area contributed by atoms with E-state index < -0.39 is 5.60 Å². The first-order valence-corrected chi connectivity index (χ1v) is 8.84. The first-order valence-electron chi connectivity index (χ1n) is 8.84. The summed E-state index contributed by atoms with van der Waals surface area (Å²) in [5, 5.41) is 11.1. The lowest BCUT2D eigenvalue weighted by molar-refractivity contribution is -0.110. The summed E-state index contributed by atoms with van der Waals surface area (Å²) in [6.45, 7) is 8.45. The van der Waals surface area contributed by atoms with Crippen molar-refractivity contribution < 1.29 is 9.90 Å². The van der Waals surface area contributed by atoms with Crippen molar-refractivity contribution in [1.29, 1.82) is 0 Å². The van der Waals surface area contributed by atoms with E-state index in [1.807, 2.05) is 0 Å². The van der Waals surface area contributed by atoms with Gasteiger partial charge in [-0.15, -0.1) is 6.58 Å². The second-order valence-corrected chi connectivity index (χ2v) is 8.39. The first kappa shape index (κ1) is 15.1. The third-order valence-corrected chi connectivity index (χ3v) is 7.67. The average molecular weight is 310 g/mol. The number of carbonyl (C=O) groups is 1. The van der Waals surface area contributed by atoms with Crippen molar-refractivity contribution >= 4 is 5.78 Å². The van der Waals surface area contributed by atoms with Gasteiger partial charge < -0.3 is 5.11 Å². The van der Waals surface area contributed by atoms with Crippen LogP contribution in [0, 0.1) is 28.6 Å². The van der Waals surface area contributed by atoms with Crippen LogP contribution in [0.3, 0.4) is 0 Å². The summed E-state index contributed by atoms with van der Waals surface area (Å²) in [6, 6.07) is 0. The molecule has 0 saturated heterocycles. The molecule has 0 aromatic rings. The number of fused-ring (bicyclic) bond motifs is 5. The highest BCUT2D eigenvalue weighted by molar-refractivity contribution is 6.01. The standard InChI is InChI=1S/C21H26O2/c1-4-21(23)12-9-18-16-6-5-14-13-15(22)7-10-19(14,2)17(16)8-11-20(18,21)3/h4-7,10,13,16-18,23H,1,8-9,11-12H2,2-3H3/t16-,17+,18+,19+,20+,21+/m1/s1. The lowest BCUT2D eigenvalue weighted by Gasteiger charge is -2.56. The van der Waals surface area contributed by atoms with Gasteiger partial charge in [-0.1, -0.05) is 38.2 Å². The van der Waals surface area contributed by atoms with Crippen LogP contribution < -0.4 is 0 Å². The fourth-order valence-electron chi connectivity index (χ4n) is 6.04. The Morgan fingerprint density at radius 3 is 2.70 bits per heavy atom. The molecule has 2 heteroatoms. The molecule has 122 valence electrons. The van der Waals surface area contributed by atoms with Crippen molar-refractivity contribution in [3.8, 4) is 0 Å². The van der Waals surface area contributed by atoms with Crippen molar-refractivity contribution in [2.75, 3.05) is 0 Å². The van der Waals surface area contributed by atoms with Gasteiger partial charge in [0.2, 0.25) is 0 Å². The van der Waals surface area contributed by atoms with Gasteiger partial charge in [-0.2, -0.15) is 0 Å². The fourth-order valence-corrected chi connectivity index (χ4v) is 6.04. The van der Waals surface area contributed by atoms with Gasteiger partial charge in [0.25, 0.3) is 0 Å². The van der Waals surface area contributed by atoms with Crippen LogP contribution in [0.25, 0.3) is 0 Å². The molecule has 0 heterocycles. The van der Waals surface area contributed by atoms with Gasteiger partial charge in [0, 0.05) is 10.8 Å². The van der Waals surface area contributed by atoms with E-state index >= 15 is 0 Å². The summed E-state index contributed by atoms with van der Waals surface area (Å²) in [5.41, 5.74) is 0.313. The van der Waals surface area contributed by atoms with Gasteiger partial charge in [0.05, 0.1) is 5.60 Å². The monoisotopic (exact) mass is 310 g/mol. The molecule has 0 spiro atoms. The first-order chi connectivity index (χ1) is 10.8. The second-order valence-electron chi connectivity index (χ2n) is 8.39. The molecule has 0 aromatic heterocycles. The minimum Gasteiger partial charge on any atom is -0.385 e. The van der Waals surface area contributed by atoms with Gasteiger partial charge in [0.1, 0.15) is 0 Å². The van der Waals surface area contributed by atoms with Gasteiger partial charge in [-0.25, -0.2) is 0 Å². The number of aliphatic hydroxyl groups is 1. The molecule has 2 fully saturated rings. The van der Waals surface area contributed by atoms with Crippen molar-refractivity contribution in [3.05, 3.63) is 48.6 Å². The van der Waals surface area contributed by atoms with Gasteiger partial charge in [-0.05, 0) is 61.2 Å². The predicted molar refractivity (Wildman–Crippen MR) is 91.7 cm³/mol. The van der Waals surface area contributed by atoms with Crippen LogP contribution in [-0.4, -0.2) is 16.5 Å². The molecule has 4 aliphatic carbocycles. The maximum absolute atomic E-state index is 11.7. The van der Waals surface area contributed by atoms with Crippen LogP contribution in [0.2, 0.25) is 0 Å². The molecule has 1 N–H and O–H groups in total. The summed E-state index contributed by atoms with van der Waals surface area (Å²) >= 11 is 0. The van der Waals surface area contributed by atoms with Crippen LogP contribution in [0.1, 0.15) is 39.5 Å². The van der Waals surface area contributed by atoms with Gasteiger partial charge in [0.15, 0.2) is 5.78 Å². The molecule has 0 aromatic carbocycles. The summed E-state index contributed by atoms with van der Waals surface area (Å²) < 4.78 is 0. The van der Waals surface area contributed by atoms with E-state index in [0.717, 1.165) is 31.3 Å². The van der Waals surface area contributed by atoms with E-state index in [1.165, 1.54) is 0 Å². The Hall–Kier alpha value is -1.41. The smallest absolute Gasteiger partial charge is 0.178 e. The van der Waals surface area contributed by atoms with Crippen LogP contribution >= 0.6 is 0 Å².